The van der Waals surface area contributed by atoms with Gasteiger partial charge in [-0.2, -0.15) is 0 Å². The molecule has 0 atom stereocenters. The first-order valence-electron chi connectivity index (χ1n) is 11.8. The summed E-state index contributed by atoms with van der Waals surface area (Å²) in [6, 6.07) is 12.1. The zero-order valence-electron chi connectivity index (χ0n) is 21.6. The molecule has 0 aliphatic carbocycles. The molecule has 0 bridgehead atoms. The molecule has 3 rings (SSSR count). The number of sulfonamides is 1. The average molecular weight is 538 g/mol. The van der Waals surface area contributed by atoms with Crippen LogP contribution in [0.25, 0.3) is 0 Å². The van der Waals surface area contributed by atoms with E-state index in [4.69, 9.17) is 4.74 Å². The Hall–Kier alpha value is -2.79. The van der Waals surface area contributed by atoms with Crippen molar-refractivity contribution < 1.29 is 26.4 Å². The topological polar surface area (TPSA) is 104 Å². The molecule has 9 nitrogen and oxygen atoms in total. The van der Waals surface area contributed by atoms with Crippen molar-refractivity contribution in [2.75, 3.05) is 41.6 Å². The van der Waals surface area contributed by atoms with Gasteiger partial charge in [-0.05, 0) is 71.0 Å². The molecule has 1 fully saturated rings. The minimum Gasteiger partial charge on any atom is -0.444 e. The van der Waals surface area contributed by atoms with Crippen LogP contribution in [0.2, 0.25) is 0 Å². The van der Waals surface area contributed by atoms with E-state index in [0.717, 1.165) is 11.9 Å². The summed E-state index contributed by atoms with van der Waals surface area (Å²) >= 11 is 0. The molecule has 0 N–H and O–H groups in total. The molecule has 2 aromatic carbocycles. The lowest BCUT2D eigenvalue weighted by Crippen LogP contribution is -2.50. The first kappa shape index (κ1) is 27.8. The van der Waals surface area contributed by atoms with Crippen LogP contribution in [0.4, 0.5) is 16.2 Å². The van der Waals surface area contributed by atoms with Crippen LogP contribution >= 0.6 is 0 Å². The minimum atomic E-state index is -3.99. The van der Waals surface area contributed by atoms with Gasteiger partial charge in [0.25, 0.3) is 10.0 Å². The Bertz CT molecular complexity index is 1290. The number of nitrogens with zero attached hydrogens (tertiary/aromatic N) is 3. The van der Waals surface area contributed by atoms with E-state index in [2.05, 4.69) is 4.90 Å². The highest BCUT2D eigenvalue weighted by Gasteiger charge is 2.32. The molecule has 198 valence electrons. The number of benzene rings is 2. The SMILES string of the molecule is CC(C)N(c1ccccc1N1CCN(C(=O)OC(C)(C)C)CC1)S(=O)(=O)c1ccc(S(C)(=O)=O)cc1. The maximum Gasteiger partial charge on any atom is 0.410 e. The standard InChI is InChI=1S/C25H35N3O6S2/c1-19(2)28(36(32,33)21-13-11-20(12-14-21)35(6,30)31)23-10-8-7-9-22(23)26-15-17-27(18-16-26)24(29)34-25(3,4)5/h7-14,19H,15-18H2,1-6H3. The second-order valence-electron chi connectivity index (χ2n) is 10.1. The Morgan fingerprint density at radius 1 is 0.889 bits per heavy atom. The number of anilines is 2. The van der Waals surface area contributed by atoms with Crippen LogP contribution < -0.4 is 9.21 Å². The Labute approximate surface area is 214 Å². The monoisotopic (exact) mass is 537 g/mol. The molecule has 0 spiro atoms. The highest BCUT2D eigenvalue weighted by molar-refractivity contribution is 7.93. The van der Waals surface area contributed by atoms with Crippen LogP contribution in [-0.4, -0.2) is 71.9 Å². The predicted molar refractivity (Wildman–Crippen MR) is 141 cm³/mol. The summed E-state index contributed by atoms with van der Waals surface area (Å²) in [4.78, 5) is 16.2. The molecule has 1 aliphatic heterocycles. The van der Waals surface area contributed by atoms with E-state index in [9.17, 15) is 21.6 Å². The van der Waals surface area contributed by atoms with Crippen molar-refractivity contribution in [2.45, 2.75) is 56.1 Å². The number of piperazine rings is 1. The molecule has 0 aromatic heterocycles. The van der Waals surface area contributed by atoms with E-state index >= 15 is 0 Å². The molecular formula is C25H35N3O6S2. The molecule has 1 heterocycles. The van der Waals surface area contributed by atoms with Crippen molar-refractivity contribution in [3.05, 3.63) is 48.5 Å². The molecule has 0 unspecified atom stereocenters. The van der Waals surface area contributed by atoms with Gasteiger partial charge in [0.15, 0.2) is 9.84 Å². The molecule has 1 aliphatic rings. The lowest BCUT2D eigenvalue weighted by molar-refractivity contribution is 0.0240. The van der Waals surface area contributed by atoms with Gasteiger partial charge in [-0.3, -0.25) is 4.31 Å². The van der Waals surface area contributed by atoms with Gasteiger partial charge in [0.05, 0.1) is 21.2 Å². The maximum atomic E-state index is 13.7. The molecule has 0 radical (unpaired) electrons. The van der Waals surface area contributed by atoms with Crippen LogP contribution in [0.3, 0.4) is 0 Å². The Kier molecular flexibility index (Phi) is 7.95. The minimum absolute atomic E-state index is 0.00754. The van der Waals surface area contributed by atoms with Crippen LogP contribution in [0.15, 0.2) is 58.3 Å². The number of para-hydroxylation sites is 2. The Balaban J connectivity index is 1.90. The summed E-state index contributed by atoms with van der Waals surface area (Å²) in [7, 11) is -7.44. The van der Waals surface area contributed by atoms with Crippen molar-refractivity contribution in [2.24, 2.45) is 0 Å². The third-order valence-corrected chi connectivity index (χ3v) is 8.80. The predicted octanol–water partition coefficient (Wildman–Crippen LogP) is 3.75. The fourth-order valence-electron chi connectivity index (χ4n) is 4.03. The zero-order chi connectivity index (χ0) is 26.9. The fraction of sp³-hybridized carbons (Fsp3) is 0.480. The smallest absolute Gasteiger partial charge is 0.410 e. The van der Waals surface area contributed by atoms with Gasteiger partial charge in [0, 0.05) is 38.5 Å². The maximum absolute atomic E-state index is 13.7. The van der Waals surface area contributed by atoms with E-state index in [1.54, 1.807) is 30.9 Å². The van der Waals surface area contributed by atoms with Crippen molar-refractivity contribution in [3.8, 4) is 0 Å². The quantitative estimate of drug-likeness (QED) is 0.553. The second kappa shape index (κ2) is 10.3. The molecular weight excluding hydrogens is 502 g/mol. The Morgan fingerprint density at radius 3 is 1.92 bits per heavy atom. The fourth-order valence-corrected chi connectivity index (χ4v) is 6.34. The van der Waals surface area contributed by atoms with Gasteiger partial charge in [0.1, 0.15) is 5.60 Å². The van der Waals surface area contributed by atoms with Crippen molar-refractivity contribution in [3.63, 3.8) is 0 Å². The molecule has 0 saturated carbocycles. The lowest BCUT2D eigenvalue weighted by atomic mass is 10.2. The number of carbonyl (C=O) groups is 1. The van der Waals surface area contributed by atoms with E-state index in [0.29, 0.717) is 31.9 Å². The first-order valence-corrected chi connectivity index (χ1v) is 15.1. The number of hydrogen-bond acceptors (Lipinski definition) is 7. The van der Waals surface area contributed by atoms with Crippen LogP contribution in [0, 0.1) is 0 Å². The number of rotatable bonds is 6. The normalized spacial score (nSPS) is 15.2. The van der Waals surface area contributed by atoms with E-state index in [-0.39, 0.29) is 15.9 Å². The molecule has 1 saturated heterocycles. The lowest BCUT2D eigenvalue weighted by Gasteiger charge is -2.39. The third kappa shape index (κ3) is 6.31. The molecule has 11 heteroatoms. The summed E-state index contributed by atoms with van der Waals surface area (Å²) in [6.07, 6.45) is 0.717. The van der Waals surface area contributed by atoms with Crippen LogP contribution in [-0.2, 0) is 24.6 Å². The van der Waals surface area contributed by atoms with Crippen LogP contribution in [0.1, 0.15) is 34.6 Å². The summed E-state index contributed by atoms with van der Waals surface area (Å²) in [5.41, 5.74) is 0.684. The highest BCUT2D eigenvalue weighted by atomic mass is 32.2. The molecule has 1 amide bonds. The zero-order valence-corrected chi connectivity index (χ0v) is 23.3. The van der Waals surface area contributed by atoms with Gasteiger partial charge in [-0.25, -0.2) is 21.6 Å². The highest BCUT2D eigenvalue weighted by Crippen LogP contribution is 2.35. The van der Waals surface area contributed by atoms with E-state index in [1.165, 1.54) is 28.6 Å². The van der Waals surface area contributed by atoms with E-state index < -0.39 is 31.5 Å². The largest absolute Gasteiger partial charge is 0.444 e. The number of ether oxygens (including phenoxy) is 1. The summed E-state index contributed by atoms with van der Waals surface area (Å²) in [5, 5.41) is 0. The van der Waals surface area contributed by atoms with Crippen molar-refractivity contribution in [1.82, 2.24) is 4.90 Å². The van der Waals surface area contributed by atoms with Gasteiger partial charge >= 0.3 is 6.09 Å². The van der Waals surface area contributed by atoms with Crippen LogP contribution in [0.5, 0.6) is 0 Å². The summed E-state index contributed by atoms with van der Waals surface area (Å²) in [6.45, 7) is 11.0. The van der Waals surface area contributed by atoms with E-state index in [1.807, 2.05) is 32.9 Å². The third-order valence-electron chi connectivity index (χ3n) is 5.67. The number of carbonyl (C=O) groups excluding carboxylic acids is 1. The van der Waals surface area contributed by atoms with Crippen molar-refractivity contribution >= 4 is 37.3 Å². The summed E-state index contributed by atoms with van der Waals surface area (Å²) in [5.74, 6) is 0. The first-order chi connectivity index (χ1) is 16.6. The number of sulfone groups is 1. The molecule has 2 aromatic rings. The van der Waals surface area contributed by atoms with Gasteiger partial charge in [0.2, 0.25) is 0 Å². The van der Waals surface area contributed by atoms with Gasteiger partial charge in [-0.1, -0.05) is 12.1 Å². The van der Waals surface area contributed by atoms with Gasteiger partial charge < -0.3 is 14.5 Å². The van der Waals surface area contributed by atoms with Crippen molar-refractivity contribution in [1.29, 1.82) is 0 Å². The molecule has 36 heavy (non-hydrogen) atoms. The second-order valence-corrected chi connectivity index (χ2v) is 13.9. The number of amides is 1. The van der Waals surface area contributed by atoms with Gasteiger partial charge in [-0.15, -0.1) is 0 Å². The Morgan fingerprint density at radius 2 is 1.42 bits per heavy atom. The number of hydrogen-bond donors (Lipinski definition) is 0. The summed E-state index contributed by atoms with van der Waals surface area (Å²) < 4.78 is 57.9. The average Bonchev–Trinajstić information content (AvgIpc) is 2.77.